The second-order valence-corrected chi connectivity index (χ2v) is 4.00. The number of H-pyrrole nitrogens is 1. The van der Waals surface area contributed by atoms with Gasteiger partial charge in [-0.3, -0.25) is 14.9 Å². The third kappa shape index (κ3) is 3.11. The molecule has 0 fully saturated rings. The molecule has 0 aromatic carbocycles. The topological polar surface area (TPSA) is 83.6 Å². The summed E-state index contributed by atoms with van der Waals surface area (Å²) in [5, 5.41) is 8.75. The van der Waals surface area contributed by atoms with Crippen molar-refractivity contribution in [3.63, 3.8) is 0 Å². The average molecular weight is 285 g/mol. The summed E-state index contributed by atoms with van der Waals surface area (Å²) in [6, 6.07) is 1.36. The molecule has 2 aromatic heterocycles. The molecule has 0 bridgehead atoms. The van der Waals surface area contributed by atoms with Crippen molar-refractivity contribution < 1.29 is 18.0 Å². The number of aromatic nitrogens is 4. The van der Waals surface area contributed by atoms with Crippen molar-refractivity contribution in [1.29, 1.82) is 0 Å². The molecule has 106 valence electrons. The summed E-state index contributed by atoms with van der Waals surface area (Å²) < 4.78 is 37.1. The fourth-order valence-electron chi connectivity index (χ4n) is 1.46. The van der Waals surface area contributed by atoms with Gasteiger partial charge in [0.2, 0.25) is 0 Å². The van der Waals surface area contributed by atoms with Crippen LogP contribution < -0.4 is 5.32 Å². The molecule has 2 heterocycles. The molecule has 9 heteroatoms. The highest BCUT2D eigenvalue weighted by Crippen LogP contribution is 2.28. The summed E-state index contributed by atoms with van der Waals surface area (Å²) >= 11 is 0. The van der Waals surface area contributed by atoms with E-state index in [-0.39, 0.29) is 5.69 Å². The molecule has 1 unspecified atom stereocenters. The maximum absolute atomic E-state index is 12.4. The number of nitrogens with zero attached hydrogens (tertiary/aromatic N) is 3. The van der Waals surface area contributed by atoms with Crippen LogP contribution in [0, 0.1) is 0 Å². The van der Waals surface area contributed by atoms with E-state index in [0.717, 1.165) is 12.1 Å². The van der Waals surface area contributed by atoms with Gasteiger partial charge in [-0.1, -0.05) is 0 Å². The summed E-state index contributed by atoms with van der Waals surface area (Å²) in [4.78, 5) is 19.2. The number of halogens is 3. The lowest BCUT2D eigenvalue weighted by Crippen LogP contribution is -2.28. The number of hydrogen-bond donors (Lipinski definition) is 2. The van der Waals surface area contributed by atoms with E-state index in [0.29, 0.717) is 12.0 Å². The van der Waals surface area contributed by atoms with Crippen LogP contribution in [0.25, 0.3) is 0 Å². The number of alkyl halides is 3. The molecule has 1 amide bonds. The van der Waals surface area contributed by atoms with E-state index in [2.05, 4.69) is 25.5 Å². The zero-order chi connectivity index (χ0) is 14.8. The molecule has 2 rings (SSSR count). The van der Waals surface area contributed by atoms with Gasteiger partial charge in [0.25, 0.3) is 5.91 Å². The van der Waals surface area contributed by atoms with Gasteiger partial charge in [0.15, 0.2) is 0 Å². The molecule has 0 spiro atoms. The van der Waals surface area contributed by atoms with E-state index < -0.39 is 23.7 Å². The monoisotopic (exact) mass is 285 g/mol. The molecule has 0 saturated heterocycles. The highest BCUT2D eigenvalue weighted by atomic mass is 19.4. The molecule has 0 aliphatic rings. The Hall–Kier alpha value is -2.45. The first-order chi connectivity index (χ1) is 9.38. The molecule has 20 heavy (non-hydrogen) atoms. The SMILES string of the molecule is CC(NC(=O)c1ccc(C(F)(F)F)cn1)c1ncn[nH]1. The minimum atomic E-state index is -4.48. The highest BCUT2D eigenvalue weighted by Gasteiger charge is 2.31. The first kappa shape index (κ1) is 14.0. The minimum absolute atomic E-state index is 0.107. The van der Waals surface area contributed by atoms with Crippen LogP contribution >= 0.6 is 0 Å². The van der Waals surface area contributed by atoms with Crippen LogP contribution in [0.3, 0.4) is 0 Å². The van der Waals surface area contributed by atoms with Gasteiger partial charge in [-0.25, -0.2) is 4.98 Å². The highest BCUT2D eigenvalue weighted by molar-refractivity contribution is 5.92. The predicted octanol–water partition coefficient (Wildman–Crippen LogP) is 1.71. The molecule has 0 saturated carbocycles. The Morgan fingerprint density at radius 1 is 1.35 bits per heavy atom. The Kier molecular flexibility index (Phi) is 3.68. The van der Waals surface area contributed by atoms with Crippen molar-refractivity contribution in [2.45, 2.75) is 19.1 Å². The quantitative estimate of drug-likeness (QED) is 0.899. The smallest absolute Gasteiger partial charge is 0.341 e. The molecule has 6 nitrogen and oxygen atoms in total. The molecule has 0 aliphatic heterocycles. The summed E-state index contributed by atoms with van der Waals surface area (Å²) in [6.07, 6.45) is -2.57. The number of aromatic amines is 1. The summed E-state index contributed by atoms with van der Waals surface area (Å²) in [6.45, 7) is 1.66. The average Bonchev–Trinajstić information content (AvgIpc) is 2.91. The second-order valence-electron chi connectivity index (χ2n) is 4.00. The van der Waals surface area contributed by atoms with Gasteiger partial charge >= 0.3 is 6.18 Å². The van der Waals surface area contributed by atoms with Gasteiger partial charge in [0.1, 0.15) is 17.8 Å². The van der Waals surface area contributed by atoms with Gasteiger partial charge in [0.05, 0.1) is 11.6 Å². The molecule has 2 aromatic rings. The van der Waals surface area contributed by atoms with Crippen molar-refractivity contribution in [2.75, 3.05) is 0 Å². The number of carbonyl (C=O) groups is 1. The molecular formula is C11H10F3N5O. The summed E-state index contributed by atoms with van der Waals surface area (Å²) in [7, 11) is 0. The minimum Gasteiger partial charge on any atom is -0.341 e. The molecule has 0 aliphatic carbocycles. The lowest BCUT2D eigenvalue weighted by atomic mass is 10.2. The van der Waals surface area contributed by atoms with Crippen LogP contribution in [0.2, 0.25) is 0 Å². The van der Waals surface area contributed by atoms with Crippen molar-refractivity contribution in [1.82, 2.24) is 25.5 Å². The zero-order valence-electron chi connectivity index (χ0n) is 10.3. The van der Waals surface area contributed by atoms with Crippen LogP contribution in [0.5, 0.6) is 0 Å². The standard InChI is InChI=1S/C11H10F3N5O/c1-6(9-16-5-17-19-9)18-10(20)8-3-2-7(4-15-8)11(12,13)14/h2-6H,1H3,(H,18,20)(H,16,17,19). The second kappa shape index (κ2) is 5.27. The Balaban J connectivity index is 2.06. The summed E-state index contributed by atoms with van der Waals surface area (Å²) in [5.74, 6) is -0.159. The van der Waals surface area contributed by atoms with Gasteiger partial charge in [-0.2, -0.15) is 18.3 Å². The number of carbonyl (C=O) groups excluding carboxylic acids is 1. The molecule has 2 N–H and O–H groups in total. The van der Waals surface area contributed by atoms with E-state index in [9.17, 15) is 18.0 Å². The van der Waals surface area contributed by atoms with Crippen molar-refractivity contribution >= 4 is 5.91 Å². The van der Waals surface area contributed by atoms with E-state index in [1.165, 1.54) is 6.33 Å². The fourth-order valence-corrected chi connectivity index (χ4v) is 1.46. The maximum Gasteiger partial charge on any atom is 0.417 e. The normalized spacial score (nSPS) is 13.0. The van der Waals surface area contributed by atoms with Gasteiger partial charge in [-0.05, 0) is 19.1 Å². The number of pyridine rings is 1. The summed E-state index contributed by atoms with van der Waals surface area (Å²) in [5.41, 5.74) is -1.01. The van der Waals surface area contributed by atoms with E-state index in [1.807, 2.05) is 0 Å². The van der Waals surface area contributed by atoms with Crippen molar-refractivity contribution in [3.05, 3.63) is 41.7 Å². The third-order valence-corrected chi connectivity index (χ3v) is 2.51. The van der Waals surface area contributed by atoms with Crippen LogP contribution in [0.4, 0.5) is 13.2 Å². The Bertz CT molecular complexity index is 579. The molecule has 0 radical (unpaired) electrons. The van der Waals surface area contributed by atoms with Gasteiger partial charge < -0.3 is 5.32 Å². The first-order valence-corrected chi connectivity index (χ1v) is 5.57. The van der Waals surface area contributed by atoms with E-state index in [4.69, 9.17) is 0 Å². The Morgan fingerprint density at radius 2 is 2.10 bits per heavy atom. The lowest BCUT2D eigenvalue weighted by molar-refractivity contribution is -0.137. The van der Waals surface area contributed by atoms with Crippen LogP contribution in [0.1, 0.15) is 34.8 Å². The first-order valence-electron chi connectivity index (χ1n) is 5.57. The number of hydrogen-bond acceptors (Lipinski definition) is 4. The predicted molar refractivity (Wildman–Crippen MR) is 61.5 cm³/mol. The van der Waals surface area contributed by atoms with Crippen LogP contribution in [-0.2, 0) is 6.18 Å². The van der Waals surface area contributed by atoms with Crippen LogP contribution in [0.15, 0.2) is 24.7 Å². The van der Waals surface area contributed by atoms with Gasteiger partial charge in [-0.15, -0.1) is 0 Å². The molecule has 1 atom stereocenters. The van der Waals surface area contributed by atoms with Crippen LogP contribution in [-0.4, -0.2) is 26.1 Å². The van der Waals surface area contributed by atoms with E-state index >= 15 is 0 Å². The number of rotatable bonds is 3. The fraction of sp³-hybridized carbons (Fsp3) is 0.273. The lowest BCUT2D eigenvalue weighted by Gasteiger charge is -2.11. The Labute approximate surface area is 111 Å². The molecular weight excluding hydrogens is 275 g/mol. The van der Waals surface area contributed by atoms with Crippen molar-refractivity contribution in [2.24, 2.45) is 0 Å². The Morgan fingerprint density at radius 3 is 2.60 bits per heavy atom. The zero-order valence-corrected chi connectivity index (χ0v) is 10.3. The largest absolute Gasteiger partial charge is 0.417 e. The van der Waals surface area contributed by atoms with Gasteiger partial charge in [0, 0.05) is 6.20 Å². The maximum atomic E-state index is 12.4. The number of nitrogens with one attached hydrogen (secondary N) is 2. The number of amides is 1. The van der Waals surface area contributed by atoms with E-state index in [1.54, 1.807) is 6.92 Å². The third-order valence-electron chi connectivity index (χ3n) is 2.51. The van der Waals surface area contributed by atoms with Crippen molar-refractivity contribution in [3.8, 4) is 0 Å².